The van der Waals surface area contributed by atoms with E-state index in [2.05, 4.69) is 14.7 Å². The third-order valence-electron chi connectivity index (χ3n) is 4.30. The van der Waals surface area contributed by atoms with Crippen LogP contribution in [0.15, 0.2) is 12.3 Å². The first-order valence-corrected chi connectivity index (χ1v) is 7.24. The Labute approximate surface area is 114 Å². The molecule has 1 saturated heterocycles. The predicted molar refractivity (Wildman–Crippen MR) is 72.6 cm³/mol. The van der Waals surface area contributed by atoms with Gasteiger partial charge in [0, 0.05) is 26.2 Å². The molecule has 0 saturated carbocycles. The minimum atomic E-state index is 0.165. The second-order valence-corrected chi connectivity index (χ2v) is 5.66. The van der Waals surface area contributed by atoms with E-state index in [1.165, 1.54) is 25.9 Å². The Morgan fingerprint density at radius 1 is 1.42 bits per heavy atom. The molecule has 0 aromatic carbocycles. The Bertz CT molecular complexity index is 450. The van der Waals surface area contributed by atoms with Crippen molar-refractivity contribution >= 4 is 5.91 Å². The minimum Gasteiger partial charge on any atom is -0.335 e. The Morgan fingerprint density at radius 3 is 2.95 bits per heavy atom. The van der Waals surface area contributed by atoms with E-state index >= 15 is 0 Å². The number of aromatic nitrogens is 2. The quantitative estimate of drug-likeness (QED) is 0.824. The van der Waals surface area contributed by atoms with Crippen LogP contribution in [0.25, 0.3) is 0 Å². The summed E-state index contributed by atoms with van der Waals surface area (Å²) in [4.78, 5) is 16.1. The van der Waals surface area contributed by atoms with E-state index in [0.29, 0.717) is 12.6 Å². The molecule has 5 heteroatoms. The molecule has 1 fully saturated rings. The van der Waals surface area contributed by atoms with Crippen LogP contribution in [0.1, 0.15) is 37.9 Å². The largest absolute Gasteiger partial charge is 0.335 e. The van der Waals surface area contributed by atoms with Crippen molar-refractivity contribution in [3.63, 3.8) is 0 Å². The second-order valence-electron chi connectivity index (χ2n) is 5.66. The summed E-state index contributed by atoms with van der Waals surface area (Å²) in [6.45, 7) is 6.75. The van der Waals surface area contributed by atoms with Crippen LogP contribution in [-0.2, 0) is 11.3 Å². The lowest BCUT2D eigenvalue weighted by Gasteiger charge is -2.34. The van der Waals surface area contributed by atoms with Crippen molar-refractivity contribution in [2.24, 2.45) is 0 Å². The van der Waals surface area contributed by atoms with Gasteiger partial charge in [0.1, 0.15) is 0 Å². The summed E-state index contributed by atoms with van der Waals surface area (Å²) in [7, 11) is 0. The summed E-state index contributed by atoms with van der Waals surface area (Å²) in [6, 6.07) is 2.36. The topological polar surface area (TPSA) is 41.4 Å². The highest BCUT2D eigenvalue weighted by atomic mass is 16.2. The van der Waals surface area contributed by atoms with Gasteiger partial charge in [0.25, 0.3) is 0 Å². The van der Waals surface area contributed by atoms with Crippen molar-refractivity contribution in [3.05, 3.63) is 18.0 Å². The van der Waals surface area contributed by atoms with Crippen LogP contribution < -0.4 is 0 Å². The number of likely N-dealkylation sites (tertiary alicyclic amines) is 1. The molecule has 1 aromatic rings. The van der Waals surface area contributed by atoms with Gasteiger partial charge in [-0.05, 0) is 38.4 Å². The first kappa shape index (κ1) is 12.7. The van der Waals surface area contributed by atoms with E-state index in [1.807, 2.05) is 17.2 Å². The van der Waals surface area contributed by atoms with E-state index in [-0.39, 0.29) is 5.91 Å². The van der Waals surface area contributed by atoms with E-state index in [9.17, 15) is 4.79 Å². The van der Waals surface area contributed by atoms with Crippen molar-refractivity contribution in [1.82, 2.24) is 19.6 Å². The minimum absolute atomic E-state index is 0.165. The summed E-state index contributed by atoms with van der Waals surface area (Å²) in [5, 5.41) is 4.44. The number of carbonyl (C=O) groups is 1. The van der Waals surface area contributed by atoms with Gasteiger partial charge in [-0.25, -0.2) is 0 Å². The molecule has 0 unspecified atom stereocenters. The van der Waals surface area contributed by atoms with Gasteiger partial charge in [-0.1, -0.05) is 0 Å². The monoisotopic (exact) mass is 262 g/mol. The fourth-order valence-electron chi connectivity index (χ4n) is 3.18. The van der Waals surface area contributed by atoms with Gasteiger partial charge >= 0.3 is 0 Å². The standard InChI is InChI=1S/C14H22N4O/c1-12(19)17-10-13-4-6-15-18(13)14(11-17)5-9-16-7-2-3-8-16/h4,6,14H,2-3,5,7-11H2,1H3/t14-/m0/s1. The Morgan fingerprint density at radius 2 is 2.21 bits per heavy atom. The van der Waals surface area contributed by atoms with Crippen LogP contribution in [0.5, 0.6) is 0 Å². The zero-order chi connectivity index (χ0) is 13.2. The molecule has 0 radical (unpaired) electrons. The highest BCUT2D eigenvalue weighted by molar-refractivity contribution is 5.73. The fraction of sp³-hybridized carbons (Fsp3) is 0.714. The average molecular weight is 262 g/mol. The molecule has 5 nitrogen and oxygen atoms in total. The summed E-state index contributed by atoms with van der Waals surface area (Å²) in [5.41, 5.74) is 1.16. The lowest BCUT2D eigenvalue weighted by Crippen LogP contribution is -2.41. The molecule has 19 heavy (non-hydrogen) atoms. The van der Waals surface area contributed by atoms with Crippen molar-refractivity contribution in [2.75, 3.05) is 26.2 Å². The highest BCUT2D eigenvalue weighted by Gasteiger charge is 2.27. The van der Waals surface area contributed by atoms with E-state index in [1.54, 1.807) is 6.92 Å². The van der Waals surface area contributed by atoms with Gasteiger partial charge in [0.05, 0.1) is 18.3 Å². The Balaban J connectivity index is 1.67. The van der Waals surface area contributed by atoms with Gasteiger partial charge in [-0.3, -0.25) is 9.48 Å². The third kappa shape index (κ3) is 2.66. The van der Waals surface area contributed by atoms with Crippen molar-refractivity contribution in [2.45, 2.75) is 38.8 Å². The molecular formula is C14H22N4O. The number of hydrogen-bond acceptors (Lipinski definition) is 3. The van der Waals surface area contributed by atoms with Crippen LogP contribution >= 0.6 is 0 Å². The predicted octanol–water partition coefficient (Wildman–Crippen LogP) is 1.27. The zero-order valence-electron chi connectivity index (χ0n) is 11.6. The molecule has 2 aliphatic rings. The maximum atomic E-state index is 11.6. The first-order chi connectivity index (χ1) is 9.24. The number of hydrogen-bond donors (Lipinski definition) is 0. The molecule has 0 bridgehead atoms. The fourth-order valence-corrected chi connectivity index (χ4v) is 3.18. The molecule has 0 N–H and O–H groups in total. The van der Waals surface area contributed by atoms with Crippen LogP contribution in [0.4, 0.5) is 0 Å². The van der Waals surface area contributed by atoms with Crippen LogP contribution in [0.2, 0.25) is 0 Å². The number of carbonyl (C=O) groups excluding carboxylic acids is 1. The van der Waals surface area contributed by atoms with Gasteiger partial charge in [-0.2, -0.15) is 5.10 Å². The summed E-state index contributed by atoms with van der Waals surface area (Å²) in [6.07, 6.45) is 5.59. The summed E-state index contributed by atoms with van der Waals surface area (Å²) in [5.74, 6) is 0.165. The van der Waals surface area contributed by atoms with Crippen molar-refractivity contribution < 1.29 is 4.79 Å². The molecule has 0 spiro atoms. The lowest BCUT2D eigenvalue weighted by atomic mass is 10.1. The Hall–Kier alpha value is -1.36. The van der Waals surface area contributed by atoms with Crippen molar-refractivity contribution in [1.29, 1.82) is 0 Å². The maximum absolute atomic E-state index is 11.6. The number of nitrogens with zero attached hydrogens (tertiary/aromatic N) is 4. The lowest BCUT2D eigenvalue weighted by molar-refractivity contribution is -0.131. The summed E-state index contributed by atoms with van der Waals surface area (Å²) >= 11 is 0. The van der Waals surface area contributed by atoms with Gasteiger partial charge in [0.2, 0.25) is 5.91 Å². The van der Waals surface area contributed by atoms with E-state index < -0.39 is 0 Å². The second kappa shape index (κ2) is 5.33. The molecule has 3 rings (SSSR count). The highest BCUT2D eigenvalue weighted by Crippen LogP contribution is 2.23. The van der Waals surface area contributed by atoms with E-state index in [4.69, 9.17) is 0 Å². The smallest absolute Gasteiger partial charge is 0.219 e. The molecule has 1 atom stereocenters. The molecule has 2 aliphatic heterocycles. The first-order valence-electron chi connectivity index (χ1n) is 7.24. The molecule has 1 amide bonds. The number of amides is 1. The average Bonchev–Trinajstić information content (AvgIpc) is 3.06. The van der Waals surface area contributed by atoms with Crippen LogP contribution in [-0.4, -0.2) is 51.7 Å². The maximum Gasteiger partial charge on any atom is 0.219 e. The van der Waals surface area contributed by atoms with Gasteiger partial charge in [0.15, 0.2) is 0 Å². The number of rotatable bonds is 3. The molecule has 3 heterocycles. The third-order valence-corrected chi connectivity index (χ3v) is 4.30. The van der Waals surface area contributed by atoms with Gasteiger partial charge in [-0.15, -0.1) is 0 Å². The van der Waals surface area contributed by atoms with Crippen LogP contribution in [0, 0.1) is 0 Å². The van der Waals surface area contributed by atoms with E-state index in [0.717, 1.165) is 25.2 Å². The summed E-state index contributed by atoms with van der Waals surface area (Å²) < 4.78 is 2.12. The van der Waals surface area contributed by atoms with Crippen LogP contribution in [0.3, 0.4) is 0 Å². The molecule has 1 aromatic heterocycles. The number of fused-ring (bicyclic) bond motifs is 1. The molecular weight excluding hydrogens is 240 g/mol. The Kier molecular flexibility index (Phi) is 3.55. The van der Waals surface area contributed by atoms with Crippen molar-refractivity contribution in [3.8, 4) is 0 Å². The molecule has 104 valence electrons. The SMILES string of the molecule is CC(=O)N1Cc2ccnn2[C@@H](CCN2CCCC2)C1. The molecule has 0 aliphatic carbocycles. The normalized spacial score (nSPS) is 23.6. The van der Waals surface area contributed by atoms with Gasteiger partial charge < -0.3 is 9.80 Å². The zero-order valence-corrected chi connectivity index (χ0v) is 11.6.